The van der Waals surface area contributed by atoms with Gasteiger partial charge in [0, 0.05) is 25.7 Å². The Bertz CT molecular complexity index is 379. The fourth-order valence-electron chi connectivity index (χ4n) is 3.51. The lowest BCUT2D eigenvalue weighted by Crippen LogP contribution is -2.46. The molecule has 1 aliphatic heterocycles. The van der Waals surface area contributed by atoms with E-state index in [0.29, 0.717) is 18.8 Å². The molecule has 0 aromatic rings. The van der Waals surface area contributed by atoms with Crippen molar-refractivity contribution in [2.24, 2.45) is 11.8 Å². The minimum atomic E-state index is -4.09. The Morgan fingerprint density at radius 1 is 1.18 bits per heavy atom. The summed E-state index contributed by atoms with van der Waals surface area (Å²) in [7, 11) is 4.03. The lowest BCUT2D eigenvalue weighted by atomic mass is 9.85. The fraction of sp³-hybridized carbons (Fsp3) is 0.933. The second-order valence-electron chi connectivity index (χ2n) is 6.90. The Balaban J connectivity index is 1.73. The van der Waals surface area contributed by atoms with Crippen LogP contribution in [0.25, 0.3) is 0 Å². The summed E-state index contributed by atoms with van der Waals surface area (Å²) in [6.07, 6.45) is -2.01. The van der Waals surface area contributed by atoms with E-state index in [2.05, 4.69) is 10.2 Å². The van der Waals surface area contributed by atoms with Crippen LogP contribution >= 0.6 is 0 Å². The molecule has 2 aliphatic rings. The molecule has 1 saturated carbocycles. The predicted octanol–water partition coefficient (Wildman–Crippen LogP) is 2.70. The first-order valence-electron chi connectivity index (χ1n) is 8.02. The van der Waals surface area contributed by atoms with E-state index in [1.54, 1.807) is 4.90 Å². The summed E-state index contributed by atoms with van der Waals surface area (Å²) in [6, 6.07) is -0.226. The Labute approximate surface area is 130 Å². The summed E-state index contributed by atoms with van der Waals surface area (Å²) in [5.74, 6) is -0.710. The summed E-state index contributed by atoms with van der Waals surface area (Å²) in [5, 5.41) is 2.91. The molecule has 4 nitrogen and oxygen atoms in total. The number of alkyl halides is 3. The molecule has 1 atom stereocenters. The highest BCUT2D eigenvalue weighted by molar-refractivity contribution is 5.74. The summed E-state index contributed by atoms with van der Waals surface area (Å²) in [6.45, 7) is 2.44. The maximum atomic E-state index is 12.6. The van der Waals surface area contributed by atoms with Crippen molar-refractivity contribution in [2.45, 2.75) is 44.3 Å². The van der Waals surface area contributed by atoms with Crippen LogP contribution in [0.5, 0.6) is 0 Å². The molecule has 2 amide bonds. The van der Waals surface area contributed by atoms with Crippen LogP contribution in [0.3, 0.4) is 0 Å². The molecule has 128 valence electrons. The highest BCUT2D eigenvalue weighted by atomic mass is 19.4. The van der Waals surface area contributed by atoms with Gasteiger partial charge in [0.15, 0.2) is 0 Å². The number of carbonyl (C=O) groups excluding carboxylic acids is 1. The zero-order valence-corrected chi connectivity index (χ0v) is 13.3. The van der Waals surface area contributed by atoms with E-state index in [0.717, 1.165) is 26.1 Å². The lowest BCUT2D eigenvalue weighted by molar-refractivity contribution is -0.182. The molecular formula is C15H26F3N3O. The van der Waals surface area contributed by atoms with E-state index in [4.69, 9.17) is 0 Å². The van der Waals surface area contributed by atoms with Crippen LogP contribution in [0.15, 0.2) is 0 Å². The Hall–Kier alpha value is -0.980. The second-order valence-corrected chi connectivity index (χ2v) is 6.90. The second kappa shape index (κ2) is 7.06. The van der Waals surface area contributed by atoms with Gasteiger partial charge in [-0.05, 0) is 52.1 Å². The Kier molecular flexibility index (Phi) is 5.58. The maximum Gasteiger partial charge on any atom is 0.391 e. The Morgan fingerprint density at radius 2 is 1.82 bits per heavy atom. The van der Waals surface area contributed by atoms with Crippen LogP contribution < -0.4 is 5.32 Å². The lowest BCUT2D eigenvalue weighted by Gasteiger charge is -2.31. The molecule has 2 rings (SSSR count). The van der Waals surface area contributed by atoms with Crippen LogP contribution in [-0.4, -0.2) is 61.8 Å². The molecular weight excluding hydrogens is 295 g/mol. The molecule has 0 unspecified atom stereocenters. The van der Waals surface area contributed by atoms with Gasteiger partial charge in [-0.2, -0.15) is 13.2 Å². The van der Waals surface area contributed by atoms with Crippen molar-refractivity contribution in [3.8, 4) is 0 Å². The molecule has 2 fully saturated rings. The number of likely N-dealkylation sites (tertiary alicyclic amines) is 1. The number of hydrogen-bond donors (Lipinski definition) is 1. The van der Waals surface area contributed by atoms with E-state index < -0.39 is 12.1 Å². The summed E-state index contributed by atoms with van der Waals surface area (Å²) >= 11 is 0. The molecule has 1 heterocycles. The van der Waals surface area contributed by atoms with Crippen molar-refractivity contribution in [3.05, 3.63) is 0 Å². The van der Waals surface area contributed by atoms with Crippen LogP contribution in [-0.2, 0) is 0 Å². The van der Waals surface area contributed by atoms with E-state index in [1.165, 1.54) is 0 Å². The highest BCUT2D eigenvalue weighted by Crippen LogP contribution is 2.37. The van der Waals surface area contributed by atoms with E-state index in [-0.39, 0.29) is 24.9 Å². The van der Waals surface area contributed by atoms with Crippen LogP contribution in [0, 0.1) is 11.8 Å². The molecule has 0 spiro atoms. The predicted molar refractivity (Wildman–Crippen MR) is 78.6 cm³/mol. The summed E-state index contributed by atoms with van der Waals surface area (Å²) < 4.78 is 37.9. The van der Waals surface area contributed by atoms with Gasteiger partial charge in [0.2, 0.25) is 0 Å². The average molecular weight is 321 g/mol. The standard InChI is InChI=1S/C15H26F3N3O/c1-20(2)9-11-7-8-21(10-11)14(22)19-13-5-3-12(4-6-13)15(16,17)18/h11-13H,3-10H2,1-2H3,(H,19,22)/t11-,12?,13?/m0/s1. The van der Waals surface area contributed by atoms with Gasteiger partial charge in [0.05, 0.1) is 5.92 Å². The number of amides is 2. The number of urea groups is 1. The van der Waals surface area contributed by atoms with Gasteiger partial charge in [-0.15, -0.1) is 0 Å². The molecule has 0 aromatic carbocycles. The smallest absolute Gasteiger partial charge is 0.335 e. The van der Waals surface area contributed by atoms with E-state index in [9.17, 15) is 18.0 Å². The van der Waals surface area contributed by atoms with Crippen LogP contribution in [0.1, 0.15) is 32.1 Å². The topological polar surface area (TPSA) is 35.6 Å². The van der Waals surface area contributed by atoms with Crippen molar-refractivity contribution in [1.82, 2.24) is 15.1 Å². The van der Waals surface area contributed by atoms with Crippen LogP contribution in [0.2, 0.25) is 0 Å². The third-order valence-electron chi connectivity index (χ3n) is 4.71. The van der Waals surface area contributed by atoms with Crippen molar-refractivity contribution >= 4 is 6.03 Å². The van der Waals surface area contributed by atoms with Gasteiger partial charge in [-0.25, -0.2) is 4.79 Å². The van der Waals surface area contributed by atoms with Gasteiger partial charge in [-0.1, -0.05) is 0 Å². The number of hydrogen-bond acceptors (Lipinski definition) is 2. The van der Waals surface area contributed by atoms with Crippen LogP contribution in [0.4, 0.5) is 18.0 Å². The maximum absolute atomic E-state index is 12.6. The quantitative estimate of drug-likeness (QED) is 0.867. The summed E-state index contributed by atoms with van der Waals surface area (Å²) in [4.78, 5) is 16.1. The van der Waals surface area contributed by atoms with Gasteiger partial charge in [0.25, 0.3) is 0 Å². The van der Waals surface area contributed by atoms with Gasteiger partial charge in [0.1, 0.15) is 0 Å². The third-order valence-corrected chi connectivity index (χ3v) is 4.71. The largest absolute Gasteiger partial charge is 0.391 e. The minimum absolute atomic E-state index is 0.112. The van der Waals surface area contributed by atoms with Crippen molar-refractivity contribution in [1.29, 1.82) is 0 Å². The average Bonchev–Trinajstić information content (AvgIpc) is 2.86. The van der Waals surface area contributed by atoms with E-state index >= 15 is 0 Å². The molecule has 22 heavy (non-hydrogen) atoms. The number of rotatable bonds is 3. The zero-order valence-electron chi connectivity index (χ0n) is 13.3. The molecule has 1 saturated heterocycles. The highest BCUT2D eigenvalue weighted by Gasteiger charge is 2.41. The molecule has 1 N–H and O–H groups in total. The molecule has 0 bridgehead atoms. The number of halogens is 3. The number of nitrogens with one attached hydrogen (secondary N) is 1. The van der Waals surface area contributed by atoms with Crippen molar-refractivity contribution < 1.29 is 18.0 Å². The van der Waals surface area contributed by atoms with E-state index in [1.807, 2.05) is 14.1 Å². The van der Waals surface area contributed by atoms with Gasteiger partial charge < -0.3 is 15.1 Å². The molecule has 7 heteroatoms. The number of carbonyl (C=O) groups is 1. The van der Waals surface area contributed by atoms with Crippen molar-refractivity contribution in [3.63, 3.8) is 0 Å². The minimum Gasteiger partial charge on any atom is -0.335 e. The monoisotopic (exact) mass is 321 g/mol. The summed E-state index contributed by atoms with van der Waals surface area (Å²) in [5.41, 5.74) is 0. The van der Waals surface area contributed by atoms with Gasteiger partial charge >= 0.3 is 12.2 Å². The normalized spacial score (nSPS) is 29.9. The van der Waals surface area contributed by atoms with Crippen molar-refractivity contribution in [2.75, 3.05) is 33.7 Å². The third kappa shape index (κ3) is 4.76. The fourth-order valence-corrected chi connectivity index (χ4v) is 3.51. The molecule has 0 radical (unpaired) electrons. The van der Waals surface area contributed by atoms with Gasteiger partial charge in [-0.3, -0.25) is 0 Å². The molecule has 0 aromatic heterocycles. The first kappa shape index (κ1) is 17.4. The first-order chi connectivity index (χ1) is 10.3. The SMILES string of the molecule is CN(C)C[C@@H]1CCN(C(=O)NC2CCC(C(F)(F)F)CC2)C1. The molecule has 1 aliphatic carbocycles. The number of nitrogens with zero attached hydrogens (tertiary/aromatic N) is 2. The Morgan fingerprint density at radius 3 is 2.36 bits per heavy atom. The first-order valence-corrected chi connectivity index (χ1v) is 8.02. The zero-order chi connectivity index (χ0) is 16.3.